The third-order valence-corrected chi connectivity index (χ3v) is 11.9. The van der Waals surface area contributed by atoms with Gasteiger partial charge in [-0.3, -0.25) is 0 Å². The van der Waals surface area contributed by atoms with Gasteiger partial charge in [0.05, 0.1) is 0 Å². The van der Waals surface area contributed by atoms with Crippen LogP contribution in [0.3, 0.4) is 0 Å². The number of rotatable bonds is 5. The van der Waals surface area contributed by atoms with E-state index in [1.165, 1.54) is 58.2 Å². The quantitative estimate of drug-likeness (QED) is 0.166. The van der Waals surface area contributed by atoms with Crippen LogP contribution in [0.4, 0.5) is 0 Å². The van der Waals surface area contributed by atoms with Gasteiger partial charge < -0.3 is 0 Å². The van der Waals surface area contributed by atoms with E-state index in [2.05, 4.69) is 182 Å². The number of fused-ring (bicyclic) bond motifs is 8. The van der Waals surface area contributed by atoms with Gasteiger partial charge in [0.15, 0.2) is 17.5 Å². The van der Waals surface area contributed by atoms with Crippen molar-refractivity contribution in [3.8, 4) is 56.4 Å². The molecular formula is C51H31N3S. The highest BCUT2D eigenvalue weighted by Gasteiger charge is 2.19. The highest BCUT2D eigenvalue weighted by molar-refractivity contribution is 7.27. The zero-order chi connectivity index (χ0) is 36.3. The molecule has 0 aliphatic carbocycles. The van der Waals surface area contributed by atoms with Gasteiger partial charge in [-0.25, -0.2) is 15.0 Å². The van der Waals surface area contributed by atoms with Gasteiger partial charge in [0, 0.05) is 42.2 Å². The fraction of sp³-hybridized carbons (Fsp3) is 0. The molecule has 0 aliphatic heterocycles. The normalized spacial score (nSPS) is 11.6. The van der Waals surface area contributed by atoms with E-state index >= 15 is 0 Å². The molecule has 11 rings (SSSR count). The Labute approximate surface area is 321 Å². The fourth-order valence-corrected chi connectivity index (χ4v) is 9.24. The zero-order valence-corrected chi connectivity index (χ0v) is 30.5. The molecule has 0 amide bonds. The van der Waals surface area contributed by atoms with Gasteiger partial charge in [0.1, 0.15) is 0 Å². The summed E-state index contributed by atoms with van der Waals surface area (Å²) in [6.45, 7) is 0. The molecule has 2 heterocycles. The van der Waals surface area contributed by atoms with Gasteiger partial charge in [-0.15, -0.1) is 11.3 Å². The summed E-state index contributed by atoms with van der Waals surface area (Å²) >= 11 is 1.85. The lowest BCUT2D eigenvalue weighted by Crippen LogP contribution is -2.00. The predicted molar refractivity (Wildman–Crippen MR) is 232 cm³/mol. The minimum absolute atomic E-state index is 0.645. The van der Waals surface area contributed by atoms with E-state index < -0.39 is 0 Å². The Morgan fingerprint density at radius 3 is 1.62 bits per heavy atom. The summed E-state index contributed by atoms with van der Waals surface area (Å²) < 4.78 is 2.50. The second kappa shape index (κ2) is 12.8. The van der Waals surface area contributed by atoms with E-state index in [0.717, 1.165) is 33.2 Å². The fourth-order valence-electron chi connectivity index (χ4n) is 7.94. The van der Waals surface area contributed by atoms with Crippen LogP contribution in [0.2, 0.25) is 0 Å². The Morgan fingerprint density at radius 1 is 0.309 bits per heavy atom. The van der Waals surface area contributed by atoms with Crippen LogP contribution in [0.5, 0.6) is 0 Å². The average Bonchev–Trinajstić information content (AvgIpc) is 3.66. The number of hydrogen-bond acceptors (Lipinski definition) is 4. The monoisotopic (exact) mass is 717 g/mol. The van der Waals surface area contributed by atoms with E-state index in [1.807, 2.05) is 17.4 Å². The standard InChI is InChI=1S/C51H31N3S/c1-2-9-32(10-3-1)34-17-19-35(20-18-34)36-21-26-39(27-22-36)49-52-50(41-28-23-33-11-4-5-13-40(33)31-41)54-51(53-49)44-15-8-16-45-47(44)43-30-29-38-25-24-37-12-6-7-14-42(37)46(38)48(43)55-45/h1-31H. The van der Waals surface area contributed by atoms with Crippen LogP contribution in [0, 0.1) is 0 Å². The number of hydrogen-bond donors (Lipinski definition) is 0. The molecule has 0 atom stereocenters. The second-order valence-electron chi connectivity index (χ2n) is 14.0. The molecule has 0 bridgehead atoms. The first-order chi connectivity index (χ1) is 27.2. The molecule has 256 valence electrons. The highest BCUT2D eigenvalue weighted by atomic mass is 32.1. The minimum atomic E-state index is 0.645. The van der Waals surface area contributed by atoms with Crippen molar-refractivity contribution < 1.29 is 0 Å². The van der Waals surface area contributed by atoms with Crippen LogP contribution in [0.15, 0.2) is 188 Å². The van der Waals surface area contributed by atoms with Crippen molar-refractivity contribution in [3.05, 3.63) is 188 Å². The van der Waals surface area contributed by atoms with Crippen molar-refractivity contribution in [3.63, 3.8) is 0 Å². The number of thiophene rings is 1. The van der Waals surface area contributed by atoms with Crippen LogP contribution in [-0.2, 0) is 0 Å². The van der Waals surface area contributed by atoms with Gasteiger partial charge in [0.25, 0.3) is 0 Å². The van der Waals surface area contributed by atoms with Crippen LogP contribution >= 0.6 is 11.3 Å². The molecule has 3 nitrogen and oxygen atoms in total. The van der Waals surface area contributed by atoms with Crippen molar-refractivity contribution >= 4 is 63.8 Å². The van der Waals surface area contributed by atoms with Crippen molar-refractivity contribution in [1.29, 1.82) is 0 Å². The third kappa shape index (κ3) is 5.46. The maximum absolute atomic E-state index is 5.24. The summed E-state index contributed by atoms with van der Waals surface area (Å²) in [6.07, 6.45) is 0. The molecule has 55 heavy (non-hydrogen) atoms. The predicted octanol–water partition coefficient (Wildman–Crippen LogP) is 14.0. The molecule has 0 saturated carbocycles. The van der Waals surface area contributed by atoms with Gasteiger partial charge in [-0.2, -0.15) is 0 Å². The van der Waals surface area contributed by atoms with Crippen molar-refractivity contribution in [2.24, 2.45) is 0 Å². The van der Waals surface area contributed by atoms with Gasteiger partial charge in [0.2, 0.25) is 0 Å². The minimum Gasteiger partial charge on any atom is -0.208 e. The molecular weight excluding hydrogens is 687 g/mol. The highest BCUT2D eigenvalue weighted by Crippen LogP contribution is 2.44. The molecule has 4 heteroatoms. The van der Waals surface area contributed by atoms with Gasteiger partial charge >= 0.3 is 0 Å². The summed E-state index contributed by atoms with van der Waals surface area (Å²) in [5.74, 6) is 1.96. The molecule has 0 aliphatic rings. The van der Waals surface area contributed by atoms with Crippen molar-refractivity contribution in [2.75, 3.05) is 0 Å². The third-order valence-electron chi connectivity index (χ3n) is 10.7. The molecule has 11 aromatic rings. The molecule has 0 unspecified atom stereocenters. The Balaban J connectivity index is 1.07. The first-order valence-electron chi connectivity index (χ1n) is 18.5. The first-order valence-corrected chi connectivity index (χ1v) is 19.3. The smallest absolute Gasteiger partial charge is 0.164 e. The van der Waals surface area contributed by atoms with Gasteiger partial charge in [-0.05, 0) is 61.3 Å². The number of benzene rings is 9. The van der Waals surface area contributed by atoms with Crippen LogP contribution in [-0.4, -0.2) is 15.0 Å². The van der Waals surface area contributed by atoms with Crippen molar-refractivity contribution in [2.45, 2.75) is 0 Å². The number of aromatic nitrogens is 3. The zero-order valence-electron chi connectivity index (χ0n) is 29.6. The first kappa shape index (κ1) is 31.5. The van der Waals surface area contributed by atoms with Gasteiger partial charge in [-0.1, -0.05) is 176 Å². The Hall–Kier alpha value is -7.01. The maximum Gasteiger partial charge on any atom is 0.164 e. The Kier molecular flexibility index (Phi) is 7.35. The van der Waals surface area contributed by atoms with E-state index in [1.54, 1.807) is 0 Å². The SMILES string of the molecule is c1ccc(-c2ccc(-c3ccc(-c4nc(-c5ccc6ccccc6c5)nc(-c5cccc6sc7c(ccc8ccc9ccccc9c87)c56)n4)cc3)cc2)cc1. The summed E-state index contributed by atoms with van der Waals surface area (Å²) in [5.41, 5.74) is 7.62. The lowest BCUT2D eigenvalue weighted by Gasteiger charge is -2.11. The average molecular weight is 718 g/mol. The largest absolute Gasteiger partial charge is 0.208 e. The molecule has 0 fully saturated rings. The van der Waals surface area contributed by atoms with E-state index in [4.69, 9.17) is 15.0 Å². The molecule has 0 saturated heterocycles. The molecule has 9 aromatic carbocycles. The van der Waals surface area contributed by atoms with Crippen LogP contribution in [0.25, 0.3) is 109 Å². The topological polar surface area (TPSA) is 38.7 Å². The maximum atomic E-state index is 5.24. The van der Waals surface area contributed by atoms with E-state index in [9.17, 15) is 0 Å². The lowest BCUT2D eigenvalue weighted by molar-refractivity contribution is 1.08. The van der Waals surface area contributed by atoms with Crippen LogP contribution < -0.4 is 0 Å². The van der Waals surface area contributed by atoms with Crippen molar-refractivity contribution in [1.82, 2.24) is 15.0 Å². The number of nitrogens with zero attached hydrogens (tertiary/aromatic N) is 3. The molecule has 0 N–H and O–H groups in total. The van der Waals surface area contributed by atoms with E-state index in [0.29, 0.717) is 17.5 Å². The molecule has 0 radical (unpaired) electrons. The lowest BCUT2D eigenvalue weighted by atomic mass is 9.98. The molecule has 2 aromatic heterocycles. The summed E-state index contributed by atoms with van der Waals surface area (Å²) in [4.78, 5) is 15.6. The van der Waals surface area contributed by atoms with Crippen LogP contribution in [0.1, 0.15) is 0 Å². The summed E-state index contributed by atoms with van der Waals surface area (Å²) in [5, 5.41) is 9.79. The molecule has 0 spiro atoms. The summed E-state index contributed by atoms with van der Waals surface area (Å²) in [6, 6.07) is 66.8. The van der Waals surface area contributed by atoms with E-state index in [-0.39, 0.29) is 0 Å². The Morgan fingerprint density at radius 2 is 0.855 bits per heavy atom. The Bertz CT molecular complexity index is 3240. The second-order valence-corrected chi connectivity index (χ2v) is 15.0. The summed E-state index contributed by atoms with van der Waals surface area (Å²) in [7, 11) is 0.